The topological polar surface area (TPSA) is 79.9 Å². The van der Waals surface area contributed by atoms with Gasteiger partial charge in [0.2, 0.25) is 0 Å². The third-order valence-electron chi connectivity index (χ3n) is 3.44. The van der Waals surface area contributed by atoms with Crippen molar-refractivity contribution in [1.82, 2.24) is 10.5 Å². The first-order valence-corrected chi connectivity index (χ1v) is 7.25. The van der Waals surface area contributed by atoms with Crippen LogP contribution >= 0.6 is 11.3 Å². The molecule has 20 heavy (non-hydrogen) atoms. The van der Waals surface area contributed by atoms with E-state index in [1.54, 1.807) is 12.3 Å². The summed E-state index contributed by atoms with van der Waals surface area (Å²) in [5.41, 5.74) is 2.14. The van der Waals surface area contributed by atoms with Crippen LogP contribution in [0.1, 0.15) is 41.0 Å². The first kappa shape index (κ1) is 13.5. The Balaban J connectivity index is 1.97. The smallest absolute Gasteiger partial charge is 0.266 e. The molecule has 0 spiro atoms. The van der Waals surface area contributed by atoms with Crippen molar-refractivity contribution in [3.05, 3.63) is 16.5 Å². The molecule has 1 aromatic heterocycles. The van der Waals surface area contributed by atoms with E-state index in [4.69, 9.17) is 9.68 Å². The molecule has 2 aliphatic heterocycles. The van der Waals surface area contributed by atoms with Crippen molar-refractivity contribution in [3.63, 3.8) is 0 Å². The van der Waals surface area contributed by atoms with Crippen molar-refractivity contribution in [1.29, 1.82) is 0 Å². The van der Waals surface area contributed by atoms with Crippen molar-refractivity contribution >= 4 is 28.2 Å². The van der Waals surface area contributed by atoms with Gasteiger partial charge in [-0.25, -0.2) is 9.74 Å². The molecule has 1 saturated heterocycles. The lowest BCUT2D eigenvalue weighted by atomic mass is 10.1. The summed E-state index contributed by atoms with van der Waals surface area (Å²) < 4.78 is 0. The first-order chi connectivity index (χ1) is 9.58. The summed E-state index contributed by atoms with van der Waals surface area (Å²) in [4.78, 5) is 36.4. The molecule has 1 atom stereocenters. The van der Waals surface area contributed by atoms with E-state index in [-0.39, 0.29) is 11.8 Å². The fourth-order valence-corrected chi connectivity index (χ4v) is 3.38. The third-order valence-corrected chi connectivity index (χ3v) is 4.38. The second-order valence-electron chi connectivity index (χ2n) is 4.79. The number of rotatable bonds is 3. The number of hydrogen-bond acceptors (Lipinski definition) is 7. The summed E-state index contributed by atoms with van der Waals surface area (Å²) in [5, 5.41) is 5.55. The Labute approximate surface area is 119 Å². The molecule has 7 nitrogen and oxygen atoms in total. The van der Waals surface area contributed by atoms with Gasteiger partial charge in [-0.2, -0.15) is 0 Å². The zero-order valence-electron chi connectivity index (χ0n) is 11.2. The number of carbonyl (C=O) groups excluding carboxylic acids is 2. The van der Waals surface area contributed by atoms with Crippen LogP contribution in [-0.2, 0) is 9.68 Å². The van der Waals surface area contributed by atoms with Crippen molar-refractivity contribution in [2.24, 2.45) is 0 Å². The number of anilines is 1. The van der Waals surface area contributed by atoms with Crippen LogP contribution in [0.15, 0.2) is 5.38 Å². The maximum absolute atomic E-state index is 12.6. The summed E-state index contributed by atoms with van der Waals surface area (Å²) in [5.74, 6) is -0.648. The van der Waals surface area contributed by atoms with Gasteiger partial charge >= 0.3 is 0 Å². The quantitative estimate of drug-likeness (QED) is 0.820. The summed E-state index contributed by atoms with van der Waals surface area (Å²) in [6.07, 6.45) is 0.418. The number of nitrogens with one attached hydrogen (secondary N) is 2. The highest BCUT2D eigenvalue weighted by molar-refractivity contribution is 7.15. The second kappa shape index (κ2) is 4.81. The molecule has 108 valence electrons. The lowest BCUT2D eigenvalue weighted by Gasteiger charge is -2.38. The Bertz CT molecular complexity index is 565. The standard InChI is InChI=1S/C12H15N3O4S/c1-3-13-9-8-7(6-20-9)10(16)15(11(8)17)12(2)4-5-18-14-19-12/h6,13-14H,3-5H2,1-2H3. The van der Waals surface area contributed by atoms with E-state index in [1.165, 1.54) is 16.2 Å². The second-order valence-corrected chi connectivity index (χ2v) is 5.67. The Hall–Kier alpha value is -1.48. The Morgan fingerprint density at radius 2 is 2.30 bits per heavy atom. The number of carbonyl (C=O) groups is 2. The Kier molecular flexibility index (Phi) is 3.25. The molecule has 1 unspecified atom stereocenters. The molecule has 0 saturated carbocycles. The van der Waals surface area contributed by atoms with E-state index in [2.05, 4.69) is 11.0 Å². The molecule has 3 heterocycles. The van der Waals surface area contributed by atoms with E-state index in [1.807, 2.05) is 6.92 Å². The predicted molar refractivity (Wildman–Crippen MR) is 72.2 cm³/mol. The van der Waals surface area contributed by atoms with Gasteiger partial charge in [0.1, 0.15) is 5.00 Å². The molecule has 0 bridgehead atoms. The van der Waals surface area contributed by atoms with Crippen molar-refractivity contribution in [3.8, 4) is 0 Å². The molecule has 2 amide bonds. The molecule has 1 fully saturated rings. The maximum Gasteiger partial charge on any atom is 0.266 e. The average molecular weight is 297 g/mol. The highest BCUT2D eigenvalue weighted by atomic mass is 32.1. The van der Waals surface area contributed by atoms with Crippen LogP contribution in [0.25, 0.3) is 0 Å². The SMILES string of the molecule is CCNc1scc2c1C(=O)N(C1(C)CCONO1)C2=O. The third kappa shape index (κ3) is 1.84. The van der Waals surface area contributed by atoms with E-state index in [0.717, 1.165) is 5.00 Å². The fraction of sp³-hybridized carbons (Fsp3) is 0.500. The van der Waals surface area contributed by atoms with Gasteiger partial charge in [0.05, 0.1) is 17.7 Å². The lowest BCUT2D eigenvalue weighted by Crippen LogP contribution is -2.57. The summed E-state index contributed by atoms with van der Waals surface area (Å²) >= 11 is 1.37. The van der Waals surface area contributed by atoms with Crippen LogP contribution in [-0.4, -0.2) is 35.6 Å². The number of imide groups is 1. The molecular formula is C12H15N3O4S. The van der Waals surface area contributed by atoms with Gasteiger partial charge in [0.25, 0.3) is 11.8 Å². The molecule has 0 aromatic carbocycles. The molecule has 2 aliphatic rings. The van der Waals surface area contributed by atoms with Crippen LogP contribution in [0.2, 0.25) is 0 Å². The Morgan fingerprint density at radius 1 is 1.50 bits per heavy atom. The van der Waals surface area contributed by atoms with Crippen LogP contribution in [0.4, 0.5) is 5.00 Å². The van der Waals surface area contributed by atoms with E-state index < -0.39 is 5.72 Å². The molecule has 8 heteroatoms. The minimum atomic E-state index is -1.04. The number of fused-ring (bicyclic) bond motifs is 1. The van der Waals surface area contributed by atoms with Crippen LogP contribution in [0.5, 0.6) is 0 Å². The molecular weight excluding hydrogens is 282 g/mol. The fourth-order valence-electron chi connectivity index (χ4n) is 2.38. The first-order valence-electron chi connectivity index (χ1n) is 6.37. The largest absolute Gasteiger partial charge is 0.377 e. The van der Waals surface area contributed by atoms with Crippen molar-refractivity contribution < 1.29 is 19.3 Å². The predicted octanol–water partition coefficient (Wildman–Crippen LogP) is 1.35. The van der Waals surface area contributed by atoms with Gasteiger partial charge in [-0.3, -0.25) is 14.4 Å². The molecule has 0 radical (unpaired) electrons. The van der Waals surface area contributed by atoms with Gasteiger partial charge in [-0.15, -0.1) is 11.3 Å². The van der Waals surface area contributed by atoms with Gasteiger partial charge in [0, 0.05) is 18.3 Å². The van der Waals surface area contributed by atoms with Crippen LogP contribution < -0.4 is 11.0 Å². The van der Waals surface area contributed by atoms with Crippen LogP contribution in [0, 0.1) is 0 Å². The minimum Gasteiger partial charge on any atom is -0.377 e. The van der Waals surface area contributed by atoms with Crippen molar-refractivity contribution in [2.75, 3.05) is 18.5 Å². The average Bonchev–Trinajstić information content (AvgIpc) is 2.93. The molecule has 1 aromatic rings. The van der Waals surface area contributed by atoms with Gasteiger partial charge < -0.3 is 5.32 Å². The lowest BCUT2D eigenvalue weighted by molar-refractivity contribution is -0.302. The van der Waals surface area contributed by atoms with E-state index >= 15 is 0 Å². The summed E-state index contributed by atoms with van der Waals surface area (Å²) in [7, 11) is 0. The van der Waals surface area contributed by atoms with Gasteiger partial charge in [-0.1, -0.05) is 5.64 Å². The zero-order chi connectivity index (χ0) is 14.3. The number of amides is 2. The number of nitrogens with zero attached hydrogens (tertiary/aromatic N) is 1. The molecule has 2 N–H and O–H groups in total. The van der Waals surface area contributed by atoms with Crippen LogP contribution in [0.3, 0.4) is 0 Å². The monoisotopic (exact) mass is 297 g/mol. The molecule has 3 rings (SSSR count). The molecule has 0 aliphatic carbocycles. The van der Waals surface area contributed by atoms with Gasteiger partial charge in [0.15, 0.2) is 5.72 Å². The van der Waals surface area contributed by atoms with E-state index in [9.17, 15) is 9.59 Å². The van der Waals surface area contributed by atoms with Gasteiger partial charge in [-0.05, 0) is 13.8 Å². The highest BCUT2D eigenvalue weighted by Crippen LogP contribution is 2.39. The number of thiophene rings is 1. The van der Waals surface area contributed by atoms with E-state index in [0.29, 0.717) is 30.7 Å². The normalized spacial score (nSPS) is 26.0. The summed E-state index contributed by atoms with van der Waals surface area (Å²) in [6, 6.07) is 0. The van der Waals surface area contributed by atoms with Crippen molar-refractivity contribution in [2.45, 2.75) is 26.0 Å². The highest BCUT2D eigenvalue weighted by Gasteiger charge is 2.50. The summed E-state index contributed by atoms with van der Waals surface area (Å²) in [6.45, 7) is 4.69. The zero-order valence-corrected chi connectivity index (χ0v) is 12.0. The number of hydrogen-bond donors (Lipinski definition) is 2. The minimum absolute atomic E-state index is 0.323. The maximum atomic E-state index is 12.6. The Morgan fingerprint density at radius 3 is 2.95 bits per heavy atom.